The van der Waals surface area contributed by atoms with E-state index in [9.17, 15) is 9.59 Å². The van der Waals surface area contributed by atoms with Gasteiger partial charge in [-0.15, -0.1) is 0 Å². The Morgan fingerprint density at radius 1 is 1.60 bits per heavy atom. The standard InChI is InChI=1S/C9H15N3O3/c1-6(8(13)14)11-2-3-12-7(5-11)4-10-9(12)15/h6-7H,2-5H2,1H3,(H,10,15)(H,13,14). The number of nitrogens with zero attached hydrogens (tertiary/aromatic N) is 2. The summed E-state index contributed by atoms with van der Waals surface area (Å²) < 4.78 is 0. The molecule has 2 fully saturated rings. The number of nitrogens with one attached hydrogen (secondary N) is 1. The molecular weight excluding hydrogens is 198 g/mol. The summed E-state index contributed by atoms with van der Waals surface area (Å²) in [5.74, 6) is -0.805. The Bertz CT molecular complexity index is 294. The van der Waals surface area contributed by atoms with Gasteiger partial charge in [-0.1, -0.05) is 0 Å². The first-order valence-corrected chi connectivity index (χ1v) is 5.11. The Morgan fingerprint density at radius 2 is 2.33 bits per heavy atom. The van der Waals surface area contributed by atoms with Gasteiger partial charge >= 0.3 is 12.0 Å². The number of aliphatic carboxylic acids is 1. The van der Waals surface area contributed by atoms with E-state index in [-0.39, 0.29) is 12.1 Å². The predicted molar refractivity (Wildman–Crippen MR) is 52.6 cm³/mol. The van der Waals surface area contributed by atoms with Gasteiger partial charge in [-0.2, -0.15) is 0 Å². The normalized spacial score (nSPS) is 28.5. The van der Waals surface area contributed by atoms with Gasteiger partial charge in [0.05, 0.1) is 6.04 Å². The molecule has 0 aromatic carbocycles. The first kappa shape index (κ1) is 10.2. The van der Waals surface area contributed by atoms with E-state index < -0.39 is 12.0 Å². The number of piperazine rings is 1. The molecule has 0 aromatic heterocycles. The molecule has 2 saturated heterocycles. The van der Waals surface area contributed by atoms with Crippen molar-refractivity contribution < 1.29 is 14.7 Å². The molecule has 6 nitrogen and oxygen atoms in total. The number of rotatable bonds is 2. The third kappa shape index (κ3) is 1.77. The summed E-state index contributed by atoms with van der Waals surface area (Å²) in [5.41, 5.74) is 0. The van der Waals surface area contributed by atoms with Gasteiger partial charge in [0.25, 0.3) is 0 Å². The SMILES string of the molecule is CC(C(=O)O)N1CCN2C(=O)NCC2C1. The van der Waals surface area contributed by atoms with E-state index in [1.54, 1.807) is 11.8 Å². The zero-order valence-electron chi connectivity index (χ0n) is 8.64. The second-order valence-corrected chi connectivity index (χ2v) is 4.04. The van der Waals surface area contributed by atoms with Crippen molar-refractivity contribution in [2.45, 2.75) is 19.0 Å². The van der Waals surface area contributed by atoms with Crippen LogP contribution in [0.25, 0.3) is 0 Å². The van der Waals surface area contributed by atoms with Crippen molar-refractivity contribution in [2.24, 2.45) is 0 Å². The minimum absolute atomic E-state index is 0.0253. The number of hydrogen-bond donors (Lipinski definition) is 2. The van der Waals surface area contributed by atoms with Gasteiger partial charge in [0.15, 0.2) is 0 Å². The number of carbonyl (C=O) groups is 2. The Labute approximate surface area is 87.8 Å². The molecular formula is C9H15N3O3. The summed E-state index contributed by atoms with van der Waals surface area (Å²) in [4.78, 5) is 25.8. The molecule has 0 aromatic rings. The van der Waals surface area contributed by atoms with E-state index >= 15 is 0 Å². The summed E-state index contributed by atoms with van der Waals surface area (Å²) >= 11 is 0. The molecule has 2 aliphatic rings. The fourth-order valence-corrected chi connectivity index (χ4v) is 2.14. The topological polar surface area (TPSA) is 72.9 Å². The van der Waals surface area contributed by atoms with Gasteiger partial charge in [0, 0.05) is 26.2 Å². The van der Waals surface area contributed by atoms with Crippen molar-refractivity contribution in [3.63, 3.8) is 0 Å². The van der Waals surface area contributed by atoms with E-state index in [4.69, 9.17) is 5.11 Å². The number of carboxylic acids is 1. The van der Waals surface area contributed by atoms with Gasteiger partial charge in [-0.05, 0) is 6.92 Å². The molecule has 0 aliphatic carbocycles. The molecule has 2 rings (SSSR count). The van der Waals surface area contributed by atoms with E-state index in [0.717, 1.165) is 0 Å². The molecule has 2 aliphatic heterocycles. The van der Waals surface area contributed by atoms with Gasteiger partial charge < -0.3 is 15.3 Å². The number of urea groups is 1. The van der Waals surface area contributed by atoms with Crippen LogP contribution in [-0.2, 0) is 4.79 Å². The lowest BCUT2D eigenvalue weighted by Gasteiger charge is -2.38. The van der Waals surface area contributed by atoms with Gasteiger partial charge in [0.1, 0.15) is 6.04 Å². The fourth-order valence-electron chi connectivity index (χ4n) is 2.14. The van der Waals surface area contributed by atoms with Crippen molar-refractivity contribution >= 4 is 12.0 Å². The maximum absolute atomic E-state index is 11.3. The molecule has 0 bridgehead atoms. The van der Waals surface area contributed by atoms with Crippen LogP contribution in [0.4, 0.5) is 4.79 Å². The minimum Gasteiger partial charge on any atom is -0.480 e. The summed E-state index contributed by atoms with van der Waals surface area (Å²) in [6.07, 6.45) is 0. The zero-order chi connectivity index (χ0) is 11.0. The monoisotopic (exact) mass is 213 g/mol. The zero-order valence-corrected chi connectivity index (χ0v) is 8.64. The van der Waals surface area contributed by atoms with Crippen LogP contribution in [0.2, 0.25) is 0 Å². The fraction of sp³-hybridized carbons (Fsp3) is 0.778. The molecule has 0 spiro atoms. The van der Waals surface area contributed by atoms with E-state index in [1.807, 2.05) is 4.90 Å². The largest absolute Gasteiger partial charge is 0.480 e. The second kappa shape index (κ2) is 3.69. The Balaban J connectivity index is 1.99. The van der Waals surface area contributed by atoms with Crippen LogP contribution in [0.5, 0.6) is 0 Å². The number of fused-ring (bicyclic) bond motifs is 1. The van der Waals surface area contributed by atoms with Crippen LogP contribution in [0, 0.1) is 0 Å². The molecule has 0 saturated carbocycles. The van der Waals surface area contributed by atoms with Crippen molar-refractivity contribution in [3.8, 4) is 0 Å². The van der Waals surface area contributed by atoms with Gasteiger partial charge in [-0.25, -0.2) is 4.79 Å². The molecule has 2 unspecified atom stereocenters. The number of carboxylic acid groups (broad SMARTS) is 1. The first-order valence-electron chi connectivity index (χ1n) is 5.11. The molecule has 2 N–H and O–H groups in total. The first-order chi connectivity index (χ1) is 7.09. The molecule has 2 atom stereocenters. The third-order valence-electron chi connectivity index (χ3n) is 3.17. The van der Waals surface area contributed by atoms with Crippen LogP contribution >= 0.6 is 0 Å². The molecule has 2 amide bonds. The maximum atomic E-state index is 11.3. The lowest BCUT2D eigenvalue weighted by Crippen LogP contribution is -2.55. The van der Waals surface area contributed by atoms with Crippen LogP contribution < -0.4 is 5.32 Å². The summed E-state index contributed by atoms with van der Waals surface area (Å²) in [7, 11) is 0. The summed E-state index contributed by atoms with van der Waals surface area (Å²) in [6, 6.07) is -0.362. The highest BCUT2D eigenvalue weighted by Gasteiger charge is 2.37. The maximum Gasteiger partial charge on any atom is 0.320 e. The van der Waals surface area contributed by atoms with Gasteiger partial charge in [-0.3, -0.25) is 9.69 Å². The van der Waals surface area contributed by atoms with Crippen molar-refractivity contribution in [1.29, 1.82) is 0 Å². The third-order valence-corrected chi connectivity index (χ3v) is 3.17. The Kier molecular flexibility index (Phi) is 2.52. The highest BCUT2D eigenvalue weighted by atomic mass is 16.4. The molecule has 6 heteroatoms. The Morgan fingerprint density at radius 3 is 3.00 bits per heavy atom. The van der Waals surface area contributed by atoms with Crippen molar-refractivity contribution in [1.82, 2.24) is 15.1 Å². The molecule has 2 heterocycles. The van der Waals surface area contributed by atoms with E-state index in [1.165, 1.54) is 0 Å². The van der Waals surface area contributed by atoms with Crippen LogP contribution in [0.3, 0.4) is 0 Å². The average Bonchev–Trinajstić information content (AvgIpc) is 2.59. The highest BCUT2D eigenvalue weighted by Crippen LogP contribution is 2.15. The number of hydrogen-bond acceptors (Lipinski definition) is 3. The lowest BCUT2D eigenvalue weighted by atomic mass is 10.1. The quantitative estimate of drug-likeness (QED) is 0.628. The second-order valence-electron chi connectivity index (χ2n) is 4.04. The molecule has 0 radical (unpaired) electrons. The van der Waals surface area contributed by atoms with Crippen molar-refractivity contribution in [2.75, 3.05) is 26.2 Å². The smallest absolute Gasteiger partial charge is 0.320 e. The predicted octanol–water partition coefficient (Wildman–Crippen LogP) is -0.831. The summed E-state index contributed by atoms with van der Waals surface area (Å²) in [5, 5.41) is 11.7. The van der Waals surface area contributed by atoms with Crippen LogP contribution in [0.1, 0.15) is 6.92 Å². The lowest BCUT2D eigenvalue weighted by molar-refractivity contribution is -0.143. The number of carbonyl (C=O) groups excluding carboxylic acids is 1. The average molecular weight is 213 g/mol. The Hall–Kier alpha value is -1.30. The van der Waals surface area contributed by atoms with Gasteiger partial charge in [0.2, 0.25) is 0 Å². The van der Waals surface area contributed by atoms with Crippen LogP contribution in [-0.4, -0.2) is 65.2 Å². The van der Waals surface area contributed by atoms with Crippen LogP contribution in [0.15, 0.2) is 0 Å². The highest BCUT2D eigenvalue weighted by molar-refractivity contribution is 5.77. The molecule has 15 heavy (non-hydrogen) atoms. The number of amides is 2. The van der Waals surface area contributed by atoms with E-state index in [0.29, 0.717) is 26.2 Å². The molecule has 84 valence electrons. The van der Waals surface area contributed by atoms with Crippen molar-refractivity contribution in [3.05, 3.63) is 0 Å². The summed E-state index contributed by atoms with van der Waals surface area (Å²) in [6.45, 7) is 4.21. The minimum atomic E-state index is -0.805. The van der Waals surface area contributed by atoms with E-state index in [2.05, 4.69) is 5.32 Å².